The van der Waals surface area contributed by atoms with Gasteiger partial charge in [0.15, 0.2) is 0 Å². The molecule has 1 aliphatic heterocycles. The lowest BCUT2D eigenvalue weighted by Crippen LogP contribution is -2.25. The molecule has 0 aromatic carbocycles. The van der Waals surface area contributed by atoms with Crippen LogP contribution in [0.1, 0.15) is 6.42 Å². The zero-order valence-electron chi connectivity index (χ0n) is 8.49. The number of nitrogen functional groups attached to an aromatic ring is 1. The van der Waals surface area contributed by atoms with Gasteiger partial charge in [0.25, 0.3) is 0 Å². The van der Waals surface area contributed by atoms with Crippen LogP contribution < -0.4 is 10.6 Å². The van der Waals surface area contributed by atoms with E-state index in [-0.39, 0.29) is 11.8 Å². The average molecular weight is 305 g/mol. The minimum absolute atomic E-state index is 0.0530. The molecule has 86 valence electrons. The zero-order valence-corrected chi connectivity index (χ0v) is 10.8. The van der Waals surface area contributed by atoms with E-state index in [1.807, 2.05) is 0 Å². The van der Waals surface area contributed by atoms with Crippen molar-refractivity contribution in [3.63, 3.8) is 0 Å². The van der Waals surface area contributed by atoms with Gasteiger partial charge in [0, 0.05) is 25.0 Å². The molecule has 0 bridgehead atoms. The fourth-order valence-corrected chi connectivity index (χ4v) is 2.30. The fourth-order valence-electron chi connectivity index (χ4n) is 1.77. The van der Waals surface area contributed by atoms with Gasteiger partial charge in [-0.1, -0.05) is 0 Å². The summed E-state index contributed by atoms with van der Waals surface area (Å²) in [6.07, 6.45) is 3.70. The number of rotatable bonds is 2. The summed E-state index contributed by atoms with van der Waals surface area (Å²) in [6.45, 7) is 0.616. The highest BCUT2D eigenvalue weighted by atomic mass is 79.9. The van der Waals surface area contributed by atoms with Crippen molar-refractivity contribution in [1.29, 1.82) is 0 Å². The Hall–Kier alpha value is -0.810. The molecule has 1 amide bonds. The van der Waals surface area contributed by atoms with Crippen LogP contribution >= 0.6 is 27.5 Å². The van der Waals surface area contributed by atoms with Gasteiger partial charge in [-0.05, 0) is 21.8 Å². The number of aromatic nitrogens is 1. The molecule has 0 spiro atoms. The van der Waals surface area contributed by atoms with Crippen LogP contribution in [0.3, 0.4) is 0 Å². The van der Waals surface area contributed by atoms with Gasteiger partial charge >= 0.3 is 0 Å². The van der Waals surface area contributed by atoms with E-state index in [9.17, 15) is 4.79 Å². The first-order chi connectivity index (χ1) is 7.63. The van der Waals surface area contributed by atoms with Crippen molar-refractivity contribution >= 4 is 44.8 Å². The molecular formula is C10H11BrClN3O. The summed E-state index contributed by atoms with van der Waals surface area (Å²) >= 11 is 9.06. The Morgan fingerprint density at radius 2 is 2.38 bits per heavy atom. The predicted octanol–water partition coefficient (Wildman–Crippen LogP) is 2.02. The topological polar surface area (TPSA) is 59.2 Å². The van der Waals surface area contributed by atoms with Crippen LogP contribution in [0.4, 0.5) is 11.4 Å². The summed E-state index contributed by atoms with van der Waals surface area (Å²) in [6, 6.07) is 0. The number of anilines is 2. The van der Waals surface area contributed by atoms with Crippen LogP contribution in [-0.2, 0) is 4.79 Å². The Morgan fingerprint density at radius 3 is 3.00 bits per heavy atom. The first-order valence-electron chi connectivity index (χ1n) is 4.88. The number of nitrogens with two attached hydrogens (primary N) is 1. The lowest BCUT2D eigenvalue weighted by atomic mass is 10.1. The summed E-state index contributed by atoms with van der Waals surface area (Å²) in [7, 11) is 0. The summed E-state index contributed by atoms with van der Waals surface area (Å²) in [5.41, 5.74) is 7.10. The maximum atomic E-state index is 11.8. The summed E-state index contributed by atoms with van der Waals surface area (Å²) in [5.74, 6) is 0.744. The molecule has 0 aliphatic carbocycles. The number of nitrogens with zero attached hydrogens (tertiary/aromatic N) is 2. The first-order valence-corrected chi connectivity index (χ1v) is 6.21. The van der Waals surface area contributed by atoms with Crippen LogP contribution in [0.2, 0.25) is 0 Å². The van der Waals surface area contributed by atoms with Crippen molar-refractivity contribution in [3.8, 4) is 0 Å². The third-order valence-electron chi connectivity index (χ3n) is 2.63. The summed E-state index contributed by atoms with van der Waals surface area (Å²) in [5, 5.41) is 0. The molecule has 1 unspecified atom stereocenters. The molecule has 2 N–H and O–H groups in total. The number of alkyl halides is 1. The standard InChI is InChI=1S/C10H11BrClN3O/c11-7-3-14-4-8(10(7)13)15-5-6(2-12)1-9(15)16/h3-4,6H,1-2,5H2,(H2,13,14). The highest BCUT2D eigenvalue weighted by Crippen LogP contribution is 2.33. The maximum Gasteiger partial charge on any atom is 0.227 e. The Balaban J connectivity index is 2.31. The Bertz CT molecular complexity index is 427. The van der Waals surface area contributed by atoms with Crippen LogP contribution in [0.15, 0.2) is 16.9 Å². The van der Waals surface area contributed by atoms with Crippen LogP contribution in [0.5, 0.6) is 0 Å². The molecule has 4 nitrogen and oxygen atoms in total. The van der Waals surface area contributed by atoms with Gasteiger partial charge in [-0.15, -0.1) is 11.6 Å². The average Bonchev–Trinajstić information content (AvgIpc) is 2.64. The summed E-state index contributed by atoms with van der Waals surface area (Å²) < 4.78 is 0.701. The van der Waals surface area contributed by atoms with Gasteiger partial charge in [0.2, 0.25) is 5.91 Å². The number of amides is 1. The van der Waals surface area contributed by atoms with Gasteiger partial charge in [-0.25, -0.2) is 0 Å². The van der Waals surface area contributed by atoms with E-state index in [0.29, 0.717) is 34.7 Å². The lowest BCUT2D eigenvalue weighted by molar-refractivity contribution is -0.117. The van der Waals surface area contributed by atoms with E-state index >= 15 is 0 Å². The molecule has 1 aliphatic rings. The number of pyridine rings is 1. The highest BCUT2D eigenvalue weighted by molar-refractivity contribution is 9.10. The molecule has 1 aromatic heterocycles. The van der Waals surface area contributed by atoms with Gasteiger partial charge in [0.1, 0.15) is 0 Å². The Kier molecular flexibility index (Phi) is 3.35. The van der Waals surface area contributed by atoms with E-state index < -0.39 is 0 Å². The first kappa shape index (κ1) is 11.7. The largest absolute Gasteiger partial charge is 0.396 e. The molecular weight excluding hydrogens is 293 g/mol. The van der Waals surface area contributed by atoms with E-state index in [1.165, 1.54) is 0 Å². The van der Waals surface area contributed by atoms with Crippen molar-refractivity contribution in [2.45, 2.75) is 6.42 Å². The molecule has 16 heavy (non-hydrogen) atoms. The molecule has 6 heteroatoms. The van der Waals surface area contributed by atoms with Crippen molar-refractivity contribution in [1.82, 2.24) is 4.98 Å². The van der Waals surface area contributed by atoms with Gasteiger partial charge in [-0.2, -0.15) is 0 Å². The van der Waals surface area contributed by atoms with Crippen molar-refractivity contribution in [2.24, 2.45) is 5.92 Å². The second-order valence-electron chi connectivity index (χ2n) is 3.78. The molecule has 2 rings (SSSR count). The van der Waals surface area contributed by atoms with E-state index in [2.05, 4.69) is 20.9 Å². The minimum atomic E-state index is 0.0530. The van der Waals surface area contributed by atoms with E-state index in [0.717, 1.165) is 0 Å². The second kappa shape index (κ2) is 4.59. The normalized spacial score (nSPS) is 20.5. The zero-order chi connectivity index (χ0) is 11.7. The number of hydrogen-bond acceptors (Lipinski definition) is 3. The molecule has 1 saturated heterocycles. The Morgan fingerprint density at radius 1 is 1.62 bits per heavy atom. The third-order valence-corrected chi connectivity index (χ3v) is 3.70. The van der Waals surface area contributed by atoms with Crippen LogP contribution in [-0.4, -0.2) is 23.3 Å². The quantitative estimate of drug-likeness (QED) is 0.850. The van der Waals surface area contributed by atoms with Crippen LogP contribution in [0.25, 0.3) is 0 Å². The monoisotopic (exact) mass is 303 g/mol. The lowest BCUT2D eigenvalue weighted by Gasteiger charge is -2.18. The number of carbonyl (C=O) groups excluding carboxylic acids is 1. The minimum Gasteiger partial charge on any atom is -0.396 e. The predicted molar refractivity (Wildman–Crippen MR) is 67.5 cm³/mol. The third kappa shape index (κ3) is 2.01. The molecule has 2 heterocycles. The molecule has 0 saturated carbocycles. The number of halogens is 2. The molecule has 1 atom stereocenters. The van der Waals surface area contributed by atoms with Gasteiger partial charge in [-0.3, -0.25) is 9.78 Å². The number of hydrogen-bond donors (Lipinski definition) is 1. The molecule has 0 radical (unpaired) electrons. The Labute approximate surface area is 107 Å². The van der Waals surface area contributed by atoms with E-state index in [1.54, 1.807) is 17.3 Å². The van der Waals surface area contributed by atoms with Crippen molar-refractivity contribution in [3.05, 3.63) is 16.9 Å². The smallest absolute Gasteiger partial charge is 0.227 e. The van der Waals surface area contributed by atoms with Crippen molar-refractivity contribution in [2.75, 3.05) is 23.1 Å². The highest BCUT2D eigenvalue weighted by Gasteiger charge is 2.31. The molecule has 1 aromatic rings. The molecule has 1 fully saturated rings. The SMILES string of the molecule is Nc1c(Br)cncc1N1CC(CCl)CC1=O. The van der Waals surface area contributed by atoms with Gasteiger partial charge < -0.3 is 10.6 Å². The van der Waals surface area contributed by atoms with Crippen molar-refractivity contribution < 1.29 is 4.79 Å². The summed E-state index contributed by atoms with van der Waals surface area (Å²) in [4.78, 5) is 17.5. The maximum absolute atomic E-state index is 11.8. The van der Waals surface area contributed by atoms with E-state index in [4.69, 9.17) is 17.3 Å². The fraction of sp³-hybridized carbons (Fsp3) is 0.400. The van der Waals surface area contributed by atoms with Gasteiger partial charge in [0.05, 0.1) is 22.0 Å². The van der Waals surface area contributed by atoms with Crippen LogP contribution in [0, 0.1) is 5.92 Å². The second-order valence-corrected chi connectivity index (χ2v) is 4.95. The number of carbonyl (C=O) groups is 1.